The second-order valence-corrected chi connectivity index (χ2v) is 10.6. The van der Waals surface area contributed by atoms with Gasteiger partial charge in [0.05, 0.1) is 25.6 Å². The molecule has 6 rings (SSSR count). The number of piperidine rings is 1. The van der Waals surface area contributed by atoms with Crippen molar-refractivity contribution in [3.05, 3.63) is 50.7 Å². The molecule has 0 spiro atoms. The Labute approximate surface area is 183 Å². The van der Waals surface area contributed by atoms with Gasteiger partial charge < -0.3 is 4.90 Å². The summed E-state index contributed by atoms with van der Waals surface area (Å²) in [6.45, 7) is 1.52. The van der Waals surface area contributed by atoms with E-state index in [2.05, 4.69) is 9.38 Å². The number of likely N-dealkylation sites (tertiary alicyclic amines) is 1. The smallest absolute Gasteiger partial charge is 0.264 e. The van der Waals surface area contributed by atoms with Gasteiger partial charge in [-0.15, -0.1) is 34.0 Å². The average Bonchev–Trinajstić information content (AvgIpc) is 3.47. The second-order valence-electron chi connectivity index (χ2n) is 7.20. The fraction of sp³-hybridized carbons (Fsp3) is 0.250. The molecule has 146 valence electrons. The van der Waals surface area contributed by atoms with Crippen LogP contribution in [0.1, 0.15) is 33.4 Å². The predicted molar refractivity (Wildman–Crippen MR) is 121 cm³/mol. The lowest BCUT2D eigenvalue weighted by Crippen LogP contribution is -2.37. The zero-order valence-electron chi connectivity index (χ0n) is 15.2. The molecule has 1 aliphatic rings. The Kier molecular flexibility index (Phi) is 4.16. The van der Waals surface area contributed by atoms with Crippen LogP contribution in [-0.4, -0.2) is 38.3 Å². The first-order valence-electron chi connectivity index (χ1n) is 9.36. The first kappa shape index (κ1) is 17.8. The Balaban J connectivity index is 1.19. The number of nitrogens with zero attached hydrogens (tertiary/aromatic N) is 4. The van der Waals surface area contributed by atoms with E-state index in [-0.39, 0.29) is 5.91 Å². The summed E-state index contributed by atoms with van der Waals surface area (Å²) in [5.41, 5.74) is 2.00. The van der Waals surface area contributed by atoms with E-state index in [0.29, 0.717) is 5.92 Å². The molecule has 5 nitrogen and oxygen atoms in total. The molecule has 1 amide bonds. The molecule has 1 aromatic carbocycles. The minimum atomic E-state index is 0.117. The molecular formula is C20H15ClN4OS3. The summed E-state index contributed by atoms with van der Waals surface area (Å²) in [4.78, 5) is 27.1. The largest absolute Gasteiger partial charge is 0.338 e. The van der Waals surface area contributed by atoms with Gasteiger partial charge in [0, 0.05) is 35.6 Å². The normalized spacial score (nSPS) is 15.8. The molecule has 0 atom stereocenters. The fourth-order valence-corrected chi connectivity index (χ4v) is 6.98. The Hall–Kier alpha value is -2.00. The number of halogens is 1. The maximum atomic E-state index is 13.0. The van der Waals surface area contributed by atoms with Crippen molar-refractivity contribution in [3.63, 3.8) is 0 Å². The van der Waals surface area contributed by atoms with Crippen LogP contribution in [0.5, 0.6) is 0 Å². The van der Waals surface area contributed by atoms with Crippen LogP contribution < -0.4 is 0 Å². The van der Waals surface area contributed by atoms with Gasteiger partial charge in [0.1, 0.15) is 4.83 Å². The quantitative estimate of drug-likeness (QED) is 0.331. The summed E-state index contributed by atoms with van der Waals surface area (Å²) >= 11 is 10.9. The van der Waals surface area contributed by atoms with E-state index in [1.54, 1.807) is 22.7 Å². The standard InChI is InChI=1S/C20H15ClN4OS3/c21-12-1-2-15-13(9-12)22-17(28-15)11-3-5-24(6-4-11)19(26)16-10-14-18(29-16)23-20-25(14)7-8-27-20/h1-2,7-11H,3-6H2. The van der Waals surface area contributed by atoms with Gasteiger partial charge in [0.25, 0.3) is 5.91 Å². The highest BCUT2D eigenvalue weighted by atomic mass is 35.5. The van der Waals surface area contributed by atoms with Crippen molar-refractivity contribution in [2.24, 2.45) is 0 Å². The number of carbonyl (C=O) groups excluding carboxylic acids is 1. The summed E-state index contributed by atoms with van der Waals surface area (Å²) in [7, 11) is 0. The molecule has 0 aliphatic carbocycles. The van der Waals surface area contributed by atoms with Gasteiger partial charge in [0.15, 0.2) is 4.96 Å². The van der Waals surface area contributed by atoms with Crippen molar-refractivity contribution in [2.45, 2.75) is 18.8 Å². The summed E-state index contributed by atoms with van der Waals surface area (Å²) < 4.78 is 3.23. The monoisotopic (exact) mass is 458 g/mol. The van der Waals surface area contributed by atoms with E-state index in [9.17, 15) is 4.79 Å². The first-order chi connectivity index (χ1) is 14.2. The number of rotatable bonds is 2. The van der Waals surface area contributed by atoms with E-state index in [0.717, 1.165) is 61.7 Å². The van der Waals surface area contributed by atoms with Gasteiger partial charge in [-0.2, -0.15) is 0 Å². The number of carbonyl (C=O) groups is 1. The molecule has 29 heavy (non-hydrogen) atoms. The molecule has 0 unspecified atom stereocenters. The summed E-state index contributed by atoms with van der Waals surface area (Å²) in [6, 6.07) is 7.86. The Morgan fingerprint density at radius 3 is 2.86 bits per heavy atom. The predicted octanol–water partition coefficient (Wildman–Crippen LogP) is 5.89. The molecule has 9 heteroatoms. The third-order valence-electron chi connectivity index (χ3n) is 5.45. The van der Waals surface area contributed by atoms with Crippen molar-refractivity contribution in [1.82, 2.24) is 19.3 Å². The Morgan fingerprint density at radius 1 is 1.14 bits per heavy atom. The van der Waals surface area contributed by atoms with E-state index >= 15 is 0 Å². The highest BCUT2D eigenvalue weighted by Gasteiger charge is 2.28. The van der Waals surface area contributed by atoms with Gasteiger partial charge in [0.2, 0.25) is 0 Å². The first-order valence-corrected chi connectivity index (χ1v) is 12.2. The van der Waals surface area contributed by atoms with E-state index in [1.165, 1.54) is 16.0 Å². The lowest BCUT2D eigenvalue weighted by atomic mass is 9.97. The lowest BCUT2D eigenvalue weighted by Gasteiger charge is -2.30. The number of thiazole rings is 2. The van der Waals surface area contributed by atoms with E-state index in [1.807, 2.05) is 40.7 Å². The Morgan fingerprint density at radius 2 is 2.00 bits per heavy atom. The minimum Gasteiger partial charge on any atom is -0.338 e. The van der Waals surface area contributed by atoms with Crippen LogP contribution in [0.3, 0.4) is 0 Å². The van der Waals surface area contributed by atoms with Crippen LogP contribution in [0.4, 0.5) is 0 Å². The fourth-order valence-electron chi connectivity index (χ4n) is 3.93. The third-order valence-corrected chi connectivity index (χ3v) is 8.64. The maximum absolute atomic E-state index is 13.0. The average molecular weight is 459 g/mol. The highest BCUT2D eigenvalue weighted by molar-refractivity contribution is 7.21. The zero-order valence-corrected chi connectivity index (χ0v) is 18.4. The molecular weight excluding hydrogens is 444 g/mol. The van der Waals surface area contributed by atoms with Crippen molar-refractivity contribution in [2.75, 3.05) is 13.1 Å². The molecule has 4 aromatic heterocycles. The topological polar surface area (TPSA) is 50.5 Å². The van der Waals surface area contributed by atoms with Gasteiger partial charge in [-0.05, 0) is 37.1 Å². The van der Waals surface area contributed by atoms with Gasteiger partial charge in [-0.3, -0.25) is 9.20 Å². The van der Waals surface area contributed by atoms with Crippen LogP contribution in [0.25, 0.3) is 25.5 Å². The van der Waals surface area contributed by atoms with Crippen LogP contribution >= 0.6 is 45.6 Å². The number of amides is 1. The summed E-state index contributed by atoms with van der Waals surface area (Å²) in [5, 5.41) is 3.89. The van der Waals surface area contributed by atoms with Crippen LogP contribution in [0.2, 0.25) is 5.02 Å². The number of imidazole rings is 1. The van der Waals surface area contributed by atoms with Gasteiger partial charge in [-0.1, -0.05) is 11.6 Å². The van der Waals surface area contributed by atoms with Crippen LogP contribution in [0.15, 0.2) is 35.8 Å². The molecule has 0 saturated carbocycles. The molecule has 1 aliphatic heterocycles. The van der Waals surface area contributed by atoms with Crippen LogP contribution in [0, 0.1) is 0 Å². The number of hydrogen-bond acceptors (Lipinski definition) is 6. The van der Waals surface area contributed by atoms with Crippen molar-refractivity contribution in [3.8, 4) is 0 Å². The maximum Gasteiger partial charge on any atom is 0.264 e. The molecule has 5 heterocycles. The zero-order chi connectivity index (χ0) is 19.5. The molecule has 0 bridgehead atoms. The van der Waals surface area contributed by atoms with Crippen molar-refractivity contribution >= 4 is 77.0 Å². The Bertz CT molecular complexity index is 1370. The number of thiophene rings is 1. The lowest BCUT2D eigenvalue weighted by molar-refractivity contribution is 0.0718. The third kappa shape index (κ3) is 2.97. The molecule has 0 N–H and O–H groups in total. The number of aromatic nitrogens is 3. The molecule has 5 aromatic rings. The highest BCUT2D eigenvalue weighted by Crippen LogP contribution is 2.36. The number of benzene rings is 1. The number of fused-ring (bicyclic) bond motifs is 4. The second kappa shape index (κ2) is 6.77. The summed E-state index contributed by atoms with van der Waals surface area (Å²) in [6.07, 6.45) is 3.89. The van der Waals surface area contributed by atoms with E-state index in [4.69, 9.17) is 16.6 Å². The SMILES string of the molecule is O=C(c1cc2c(nc3sccn32)s1)N1CCC(c2nc3cc(Cl)ccc3s2)CC1. The van der Waals surface area contributed by atoms with Crippen molar-refractivity contribution < 1.29 is 4.79 Å². The van der Waals surface area contributed by atoms with E-state index < -0.39 is 0 Å². The number of hydrogen-bond donors (Lipinski definition) is 0. The minimum absolute atomic E-state index is 0.117. The summed E-state index contributed by atoms with van der Waals surface area (Å²) in [5.74, 6) is 0.522. The van der Waals surface area contributed by atoms with Crippen molar-refractivity contribution in [1.29, 1.82) is 0 Å². The molecule has 1 fully saturated rings. The van der Waals surface area contributed by atoms with Crippen LogP contribution in [-0.2, 0) is 0 Å². The van der Waals surface area contributed by atoms with Gasteiger partial charge >= 0.3 is 0 Å². The molecule has 0 radical (unpaired) electrons. The van der Waals surface area contributed by atoms with Gasteiger partial charge in [-0.25, -0.2) is 9.97 Å². The molecule has 1 saturated heterocycles.